The Labute approximate surface area is 116 Å². The summed E-state index contributed by atoms with van der Waals surface area (Å²) in [6, 6.07) is 3.83. The molecule has 0 fully saturated rings. The lowest BCUT2D eigenvalue weighted by atomic mass is 10.2. The van der Waals surface area contributed by atoms with Crippen molar-refractivity contribution >= 4 is 28.8 Å². The maximum Gasteiger partial charge on any atom is 0.171 e. The van der Waals surface area contributed by atoms with Crippen molar-refractivity contribution in [1.29, 1.82) is 0 Å². The van der Waals surface area contributed by atoms with Gasteiger partial charge in [0.1, 0.15) is 5.82 Å². The summed E-state index contributed by atoms with van der Waals surface area (Å²) in [5.41, 5.74) is 2.11. The number of hydrogen-bond acceptors (Lipinski definition) is 4. The molecule has 0 radical (unpaired) electrons. The smallest absolute Gasteiger partial charge is 0.171 e. The van der Waals surface area contributed by atoms with Crippen LogP contribution in [0.1, 0.15) is 24.6 Å². The van der Waals surface area contributed by atoms with Crippen LogP contribution in [-0.2, 0) is 0 Å². The monoisotopic (exact) mass is 281 g/mol. The highest BCUT2D eigenvalue weighted by Gasteiger charge is 2.10. The molecule has 0 spiro atoms. The Hall–Kier alpha value is -1.13. The van der Waals surface area contributed by atoms with E-state index in [1.165, 1.54) is 11.3 Å². The van der Waals surface area contributed by atoms with Gasteiger partial charge < -0.3 is 5.32 Å². The van der Waals surface area contributed by atoms with Gasteiger partial charge in [0, 0.05) is 17.8 Å². The van der Waals surface area contributed by atoms with Crippen molar-refractivity contribution in [3.8, 4) is 10.7 Å². The fourth-order valence-corrected chi connectivity index (χ4v) is 2.57. The molecule has 2 rings (SSSR count). The number of hydrogen-bond donors (Lipinski definition) is 1. The number of halogens is 1. The fourth-order valence-electron chi connectivity index (χ4n) is 1.59. The maximum atomic E-state index is 5.95. The highest BCUT2D eigenvalue weighted by Crippen LogP contribution is 2.30. The minimum Gasteiger partial charge on any atom is -0.370 e. The third-order valence-corrected chi connectivity index (χ3v) is 3.95. The SMILES string of the molecule is CCCNc1nc(-c2ccc(Cl)s2)nc(C)c1C. The van der Waals surface area contributed by atoms with Gasteiger partial charge in [0.25, 0.3) is 0 Å². The molecule has 0 bridgehead atoms. The first-order chi connectivity index (χ1) is 8.61. The van der Waals surface area contributed by atoms with E-state index in [4.69, 9.17) is 11.6 Å². The predicted octanol–water partition coefficient (Wildman–Crippen LogP) is 4.30. The minimum atomic E-state index is 0.744. The van der Waals surface area contributed by atoms with E-state index in [0.717, 1.165) is 45.1 Å². The van der Waals surface area contributed by atoms with Gasteiger partial charge >= 0.3 is 0 Å². The largest absolute Gasteiger partial charge is 0.370 e. The zero-order valence-electron chi connectivity index (χ0n) is 10.7. The average molecular weight is 282 g/mol. The summed E-state index contributed by atoms with van der Waals surface area (Å²) < 4.78 is 0.759. The van der Waals surface area contributed by atoms with Gasteiger partial charge in [-0.25, -0.2) is 9.97 Å². The Bertz CT molecular complexity index is 551. The van der Waals surface area contributed by atoms with Gasteiger partial charge in [-0.2, -0.15) is 0 Å². The summed E-state index contributed by atoms with van der Waals surface area (Å²) in [6.45, 7) is 7.10. The van der Waals surface area contributed by atoms with Crippen molar-refractivity contribution in [2.75, 3.05) is 11.9 Å². The average Bonchev–Trinajstić information content (AvgIpc) is 2.77. The number of nitrogens with zero attached hydrogens (tertiary/aromatic N) is 2. The fraction of sp³-hybridized carbons (Fsp3) is 0.385. The highest BCUT2D eigenvalue weighted by molar-refractivity contribution is 7.19. The Morgan fingerprint density at radius 1 is 1.28 bits per heavy atom. The zero-order chi connectivity index (χ0) is 13.1. The van der Waals surface area contributed by atoms with E-state index in [-0.39, 0.29) is 0 Å². The van der Waals surface area contributed by atoms with Gasteiger partial charge in [-0.3, -0.25) is 0 Å². The quantitative estimate of drug-likeness (QED) is 0.908. The molecular formula is C13H16ClN3S. The molecule has 3 nitrogen and oxygen atoms in total. The molecule has 5 heteroatoms. The third kappa shape index (κ3) is 2.82. The summed E-state index contributed by atoms with van der Waals surface area (Å²) in [5, 5.41) is 3.34. The molecule has 0 saturated heterocycles. The van der Waals surface area contributed by atoms with Crippen LogP contribution < -0.4 is 5.32 Å². The first-order valence-corrected chi connectivity index (χ1v) is 7.16. The Balaban J connectivity index is 2.40. The van der Waals surface area contributed by atoms with Crippen LogP contribution in [0.5, 0.6) is 0 Å². The number of anilines is 1. The molecule has 18 heavy (non-hydrogen) atoms. The normalized spacial score (nSPS) is 10.7. The van der Waals surface area contributed by atoms with Crippen molar-refractivity contribution in [3.05, 3.63) is 27.7 Å². The lowest BCUT2D eigenvalue weighted by Crippen LogP contribution is -2.07. The molecule has 1 N–H and O–H groups in total. The van der Waals surface area contributed by atoms with Crippen LogP contribution >= 0.6 is 22.9 Å². The summed E-state index contributed by atoms with van der Waals surface area (Å²) in [4.78, 5) is 10.1. The van der Waals surface area contributed by atoms with Crippen LogP contribution in [0.4, 0.5) is 5.82 Å². The summed E-state index contributed by atoms with van der Waals surface area (Å²) >= 11 is 7.45. The van der Waals surface area contributed by atoms with E-state index in [9.17, 15) is 0 Å². The van der Waals surface area contributed by atoms with Gasteiger partial charge in [0.15, 0.2) is 5.82 Å². The van der Waals surface area contributed by atoms with E-state index >= 15 is 0 Å². The first kappa shape index (κ1) is 13.3. The van der Waals surface area contributed by atoms with Crippen LogP contribution in [-0.4, -0.2) is 16.5 Å². The van der Waals surface area contributed by atoms with Crippen LogP contribution in [0.2, 0.25) is 4.34 Å². The van der Waals surface area contributed by atoms with Crippen molar-refractivity contribution in [1.82, 2.24) is 9.97 Å². The second kappa shape index (κ2) is 5.67. The van der Waals surface area contributed by atoms with Crippen LogP contribution in [0.15, 0.2) is 12.1 Å². The van der Waals surface area contributed by atoms with E-state index in [0.29, 0.717) is 0 Å². The second-order valence-corrected chi connectivity index (χ2v) is 5.85. The van der Waals surface area contributed by atoms with Gasteiger partial charge in [-0.05, 0) is 32.4 Å². The topological polar surface area (TPSA) is 37.8 Å². The molecular weight excluding hydrogens is 266 g/mol. The van der Waals surface area contributed by atoms with E-state index in [2.05, 4.69) is 22.2 Å². The predicted molar refractivity (Wildman–Crippen MR) is 78.6 cm³/mol. The molecule has 0 aliphatic rings. The molecule has 0 aliphatic heterocycles. The molecule has 2 aromatic rings. The minimum absolute atomic E-state index is 0.744. The molecule has 0 atom stereocenters. The third-order valence-electron chi connectivity index (χ3n) is 2.73. The lowest BCUT2D eigenvalue weighted by Gasteiger charge is -2.10. The Morgan fingerprint density at radius 3 is 2.67 bits per heavy atom. The number of aryl methyl sites for hydroxylation is 1. The van der Waals surface area contributed by atoms with Gasteiger partial charge in [-0.15, -0.1) is 11.3 Å². The molecule has 2 heterocycles. The van der Waals surface area contributed by atoms with E-state index in [1.54, 1.807) is 0 Å². The van der Waals surface area contributed by atoms with Gasteiger partial charge in [0.2, 0.25) is 0 Å². The molecule has 96 valence electrons. The van der Waals surface area contributed by atoms with E-state index < -0.39 is 0 Å². The summed E-state index contributed by atoms with van der Waals surface area (Å²) in [6.07, 6.45) is 1.07. The van der Waals surface area contributed by atoms with Crippen molar-refractivity contribution < 1.29 is 0 Å². The number of thiophene rings is 1. The molecule has 0 saturated carbocycles. The first-order valence-electron chi connectivity index (χ1n) is 5.96. The van der Waals surface area contributed by atoms with Crippen LogP contribution in [0.25, 0.3) is 10.7 Å². The number of rotatable bonds is 4. The van der Waals surface area contributed by atoms with Crippen molar-refractivity contribution in [2.24, 2.45) is 0 Å². The molecule has 0 aromatic carbocycles. The Morgan fingerprint density at radius 2 is 2.06 bits per heavy atom. The zero-order valence-corrected chi connectivity index (χ0v) is 12.3. The van der Waals surface area contributed by atoms with E-state index in [1.807, 2.05) is 26.0 Å². The second-order valence-electron chi connectivity index (χ2n) is 4.14. The lowest BCUT2D eigenvalue weighted by molar-refractivity contribution is 0.955. The highest BCUT2D eigenvalue weighted by atomic mass is 35.5. The molecule has 0 unspecified atom stereocenters. The summed E-state index contributed by atoms with van der Waals surface area (Å²) in [7, 11) is 0. The van der Waals surface area contributed by atoms with Gasteiger partial charge in [-0.1, -0.05) is 18.5 Å². The van der Waals surface area contributed by atoms with Gasteiger partial charge in [0.05, 0.1) is 9.21 Å². The Kier molecular flexibility index (Phi) is 4.19. The standard InChI is InChI=1S/C13H16ClN3S/c1-4-7-15-12-8(2)9(3)16-13(17-12)10-5-6-11(14)18-10/h5-6H,4,7H2,1-3H3,(H,15,16,17). The van der Waals surface area contributed by atoms with Crippen LogP contribution in [0.3, 0.4) is 0 Å². The summed E-state index contributed by atoms with van der Waals surface area (Å²) in [5.74, 6) is 1.66. The molecule has 0 amide bonds. The molecule has 2 aromatic heterocycles. The van der Waals surface area contributed by atoms with Crippen LogP contribution in [0, 0.1) is 13.8 Å². The molecule has 0 aliphatic carbocycles. The number of aromatic nitrogens is 2. The van der Waals surface area contributed by atoms with Crippen molar-refractivity contribution in [2.45, 2.75) is 27.2 Å². The van der Waals surface area contributed by atoms with Crippen molar-refractivity contribution in [3.63, 3.8) is 0 Å². The maximum absolute atomic E-state index is 5.95. The number of nitrogens with one attached hydrogen (secondary N) is 1.